The van der Waals surface area contributed by atoms with E-state index in [1.165, 1.54) is 17.7 Å². The Labute approximate surface area is 165 Å². The van der Waals surface area contributed by atoms with Gasteiger partial charge in [0, 0.05) is 24.7 Å². The van der Waals surface area contributed by atoms with Gasteiger partial charge in [0.25, 0.3) is 0 Å². The molecule has 0 aromatic heterocycles. The Bertz CT molecular complexity index is 846. The maximum Gasteiger partial charge on any atom is 0.227 e. The fourth-order valence-corrected chi connectivity index (χ4v) is 3.88. The van der Waals surface area contributed by atoms with E-state index < -0.39 is 0 Å². The number of benzene rings is 2. The number of carbonyl (C=O) groups is 2. The second-order valence-electron chi connectivity index (χ2n) is 7.72. The van der Waals surface area contributed by atoms with Gasteiger partial charge < -0.3 is 10.2 Å². The number of halogens is 1. The van der Waals surface area contributed by atoms with Crippen molar-refractivity contribution in [2.75, 3.05) is 18.4 Å². The quantitative estimate of drug-likeness (QED) is 0.863. The summed E-state index contributed by atoms with van der Waals surface area (Å²) < 4.78 is 13.0. The fraction of sp³-hybridized carbons (Fsp3) is 0.391. The first-order valence-electron chi connectivity index (χ1n) is 9.74. The maximum absolute atomic E-state index is 13.0. The predicted octanol–water partition coefficient (Wildman–Crippen LogP) is 4.17. The molecule has 0 saturated carbocycles. The van der Waals surface area contributed by atoms with Gasteiger partial charge in [-0.05, 0) is 62.4 Å². The molecule has 1 fully saturated rings. The van der Waals surface area contributed by atoms with Crippen molar-refractivity contribution in [3.05, 3.63) is 64.5 Å². The van der Waals surface area contributed by atoms with E-state index in [0.717, 1.165) is 22.4 Å². The van der Waals surface area contributed by atoms with E-state index in [0.29, 0.717) is 25.9 Å². The van der Waals surface area contributed by atoms with Crippen LogP contribution in [0.4, 0.5) is 10.1 Å². The molecule has 0 spiro atoms. The molecule has 0 aliphatic carbocycles. The minimum atomic E-state index is -0.304. The van der Waals surface area contributed by atoms with E-state index in [2.05, 4.69) is 17.4 Å². The molecular formula is C23H27FN2O2. The van der Waals surface area contributed by atoms with Gasteiger partial charge in [0.2, 0.25) is 11.8 Å². The highest BCUT2D eigenvalue weighted by Gasteiger charge is 2.27. The summed E-state index contributed by atoms with van der Waals surface area (Å²) in [6.07, 6.45) is 1.58. The topological polar surface area (TPSA) is 49.4 Å². The molecule has 28 heavy (non-hydrogen) atoms. The fourth-order valence-electron chi connectivity index (χ4n) is 3.88. The zero-order valence-electron chi connectivity index (χ0n) is 16.7. The van der Waals surface area contributed by atoms with Crippen molar-refractivity contribution >= 4 is 17.5 Å². The predicted molar refractivity (Wildman–Crippen MR) is 109 cm³/mol. The number of anilines is 1. The molecule has 0 radical (unpaired) electrons. The Morgan fingerprint density at radius 2 is 1.61 bits per heavy atom. The van der Waals surface area contributed by atoms with Crippen LogP contribution in [0.5, 0.6) is 0 Å². The van der Waals surface area contributed by atoms with Crippen LogP contribution in [0.3, 0.4) is 0 Å². The first-order chi connectivity index (χ1) is 13.3. The summed E-state index contributed by atoms with van der Waals surface area (Å²) in [5.41, 5.74) is 5.01. The van der Waals surface area contributed by atoms with Crippen molar-refractivity contribution in [1.82, 2.24) is 4.90 Å². The number of hydrogen-bond acceptors (Lipinski definition) is 2. The summed E-state index contributed by atoms with van der Waals surface area (Å²) in [5, 5.41) is 3.09. The molecule has 0 atom stereocenters. The van der Waals surface area contributed by atoms with Crippen molar-refractivity contribution in [1.29, 1.82) is 0 Å². The van der Waals surface area contributed by atoms with Crippen molar-refractivity contribution in [2.45, 2.75) is 40.0 Å². The highest BCUT2D eigenvalue weighted by Crippen LogP contribution is 2.25. The van der Waals surface area contributed by atoms with Crippen LogP contribution in [0.2, 0.25) is 0 Å². The van der Waals surface area contributed by atoms with E-state index >= 15 is 0 Å². The second kappa shape index (κ2) is 8.55. The molecule has 4 nitrogen and oxygen atoms in total. The summed E-state index contributed by atoms with van der Waals surface area (Å²) in [6, 6.07) is 10.2. The first-order valence-corrected chi connectivity index (χ1v) is 9.74. The van der Waals surface area contributed by atoms with Crippen LogP contribution >= 0.6 is 0 Å². The molecule has 1 saturated heterocycles. The number of piperidine rings is 1. The summed E-state index contributed by atoms with van der Waals surface area (Å²) in [6.45, 7) is 7.21. The zero-order valence-corrected chi connectivity index (χ0v) is 16.7. The van der Waals surface area contributed by atoms with Crippen molar-refractivity contribution in [3.63, 3.8) is 0 Å². The largest absolute Gasteiger partial charge is 0.342 e. The van der Waals surface area contributed by atoms with Crippen molar-refractivity contribution in [3.8, 4) is 0 Å². The van der Waals surface area contributed by atoms with Gasteiger partial charge in [-0.15, -0.1) is 0 Å². The molecule has 5 heteroatoms. The van der Waals surface area contributed by atoms with Crippen LogP contribution in [0.25, 0.3) is 0 Å². The van der Waals surface area contributed by atoms with Gasteiger partial charge in [-0.1, -0.05) is 29.8 Å². The molecule has 3 rings (SSSR count). The van der Waals surface area contributed by atoms with Crippen molar-refractivity contribution < 1.29 is 14.0 Å². The normalized spacial score (nSPS) is 14.8. The Morgan fingerprint density at radius 1 is 1.04 bits per heavy atom. The lowest BCUT2D eigenvalue weighted by molar-refractivity contribution is -0.133. The summed E-state index contributed by atoms with van der Waals surface area (Å²) in [5.74, 6) is -0.339. The average Bonchev–Trinajstić information content (AvgIpc) is 2.66. The van der Waals surface area contributed by atoms with E-state index in [1.54, 1.807) is 17.0 Å². The summed E-state index contributed by atoms with van der Waals surface area (Å²) in [4.78, 5) is 27.0. The van der Waals surface area contributed by atoms with Crippen LogP contribution in [0.15, 0.2) is 36.4 Å². The number of aryl methyl sites for hydroxylation is 3. The number of hydrogen-bond donors (Lipinski definition) is 1. The summed E-state index contributed by atoms with van der Waals surface area (Å²) >= 11 is 0. The smallest absolute Gasteiger partial charge is 0.227 e. The second-order valence-corrected chi connectivity index (χ2v) is 7.72. The third kappa shape index (κ3) is 4.77. The Hall–Kier alpha value is -2.69. The zero-order chi connectivity index (χ0) is 20.3. The third-order valence-corrected chi connectivity index (χ3v) is 5.41. The van der Waals surface area contributed by atoms with E-state index in [-0.39, 0.29) is 30.0 Å². The number of nitrogens with one attached hydrogen (secondary N) is 1. The Kier molecular flexibility index (Phi) is 6.12. The lowest BCUT2D eigenvalue weighted by Crippen LogP contribution is -2.42. The van der Waals surface area contributed by atoms with Gasteiger partial charge in [0.1, 0.15) is 5.82 Å². The van der Waals surface area contributed by atoms with Gasteiger partial charge in [-0.2, -0.15) is 0 Å². The van der Waals surface area contributed by atoms with E-state index in [4.69, 9.17) is 0 Å². The third-order valence-electron chi connectivity index (χ3n) is 5.41. The Morgan fingerprint density at radius 3 is 2.18 bits per heavy atom. The monoisotopic (exact) mass is 382 g/mol. The number of amides is 2. The minimum Gasteiger partial charge on any atom is -0.342 e. The number of nitrogens with zero attached hydrogens (tertiary/aromatic N) is 1. The molecule has 0 bridgehead atoms. The average molecular weight is 382 g/mol. The van der Waals surface area contributed by atoms with Gasteiger partial charge in [-0.3, -0.25) is 9.59 Å². The van der Waals surface area contributed by atoms with E-state index in [9.17, 15) is 14.0 Å². The summed E-state index contributed by atoms with van der Waals surface area (Å²) in [7, 11) is 0. The van der Waals surface area contributed by atoms with Crippen molar-refractivity contribution in [2.24, 2.45) is 5.92 Å². The van der Waals surface area contributed by atoms with E-state index in [1.807, 2.05) is 20.8 Å². The minimum absolute atomic E-state index is 0.0238. The molecule has 0 unspecified atom stereocenters. The van der Waals surface area contributed by atoms with Crippen LogP contribution < -0.4 is 5.32 Å². The standard InChI is InChI=1S/C23H27FN2O2/c1-15-12-16(2)22(17(3)13-15)25-23(28)19-8-10-26(11-9-19)21(27)14-18-4-6-20(24)7-5-18/h4-7,12-13,19H,8-11,14H2,1-3H3,(H,25,28). The number of carbonyl (C=O) groups excluding carboxylic acids is 2. The van der Waals surface area contributed by atoms with Crippen LogP contribution in [0.1, 0.15) is 35.1 Å². The van der Waals surface area contributed by atoms with Crippen LogP contribution in [0, 0.1) is 32.5 Å². The first kappa shape index (κ1) is 20.1. The Balaban J connectivity index is 1.54. The number of likely N-dealkylation sites (tertiary alicyclic amines) is 1. The van der Waals surface area contributed by atoms with Gasteiger partial charge in [0.15, 0.2) is 0 Å². The molecule has 1 heterocycles. The SMILES string of the molecule is Cc1cc(C)c(NC(=O)C2CCN(C(=O)Cc3ccc(F)cc3)CC2)c(C)c1. The lowest BCUT2D eigenvalue weighted by atomic mass is 9.94. The molecule has 148 valence electrons. The highest BCUT2D eigenvalue weighted by atomic mass is 19.1. The lowest BCUT2D eigenvalue weighted by Gasteiger charge is -2.31. The van der Waals surface area contributed by atoms with Crippen LogP contribution in [-0.4, -0.2) is 29.8 Å². The molecule has 2 amide bonds. The molecule has 1 aliphatic rings. The van der Waals surface area contributed by atoms with Gasteiger partial charge >= 0.3 is 0 Å². The molecule has 1 N–H and O–H groups in total. The molecule has 2 aromatic rings. The van der Waals surface area contributed by atoms with Gasteiger partial charge in [0.05, 0.1) is 6.42 Å². The van der Waals surface area contributed by atoms with Gasteiger partial charge in [-0.25, -0.2) is 4.39 Å². The molecular weight excluding hydrogens is 355 g/mol. The maximum atomic E-state index is 13.0. The highest BCUT2D eigenvalue weighted by molar-refractivity contribution is 5.94. The van der Waals surface area contributed by atoms with Crippen LogP contribution in [-0.2, 0) is 16.0 Å². The molecule has 1 aliphatic heterocycles. The molecule has 2 aromatic carbocycles. The number of rotatable bonds is 4.